The van der Waals surface area contributed by atoms with E-state index in [4.69, 9.17) is 5.11 Å². The Hall–Kier alpha value is -1.43. The zero-order valence-electron chi connectivity index (χ0n) is 10.8. The number of hydrogen-bond donors (Lipinski definition) is 2. The molecule has 1 rings (SSSR count). The molecule has 0 saturated heterocycles. The lowest BCUT2D eigenvalue weighted by atomic mass is 9.86. The molecule has 1 aromatic rings. The van der Waals surface area contributed by atoms with E-state index in [0.717, 1.165) is 6.07 Å². The number of aliphatic carboxylic acids is 1. The molecule has 1 atom stereocenters. The third kappa shape index (κ3) is 4.02. The molecule has 0 aliphatic rings. The molecule has 1 unspecified atom stereocenters. The molecule has 6 heteroatoms. The molecule has 2 N–H and O–H groups in total. The Labute approximate surface area is 119 Å². The predicted octanol–water partition coefficient (Wildman–Crippen LogP) is 2.82. The average molecular weight is 332 g/mol. The normalized spacial score (nSPS) is 12.9. The van der Waals surface area contributed by atoms with Crippen molar-refractivity contribution in [2.45, 2.75) is 26.8 Å². The van der Waals surface area contributed by atoms with E-state index in [0.29, 0.717) is 4.47 Å². The molecule has 19 heavy (non-hydrogen) atoms. The lowest BCUT2D eigenvalue weighted by molar-refractivity contribution is -0.142. The van der Waals surface area contributed by atoms with Gasteiger partial charge in [0.15, 0.2) is 0 Å². The van der Waals surface area contributed by atoms with Crippen molar-refractivity contribution < 1.29 is 19.1 Å². The number of amides is 1. The average Bonchev–Trinajstić information content (AvgIpc) is 2.23. The number of halogens is 2. The van der Waals surface area contributed by atoms with Crippen molar-refractivity contribution in [3.8, 4) is 0 Å². The van der Waals surface area contributed by atoms with Gasteiger partial charge in [0.25, 0.3) is 5.91 Å². The molecule has 0 bridgehead atoms. The first-order valence-electron chi connectivity index (χ1n) is 5.61. The third-order valence-corrected chi connectivity index (χ3v) is 3.06. The van der Waals surface area contributed by atoms with E-state index in [2.05, 4.69) is 21.2 Å². The van der Waals surface area contributed by atoms with Crippen LogP contribution in [0, 0.1) is 11.2 Å². The van der Waals surface area contributed by atoms with Gasteiger partial charge in [-0.25, -0.2) is 9.18 Å². The van der Waals surface area contributed by atoms with Gasteiger partial charge < -0.3 is 10.4 Å². The fourth-order valence-corrected chi connectivity index (χ4v) is 1.86. The maximum Gasteiger partial charge on any atom is 0.326 e. The zero-order valence-corrected chi connectivity index (χ0v) is 12.4. The zero-order chi connectivity index (χ0) is 14.8. The third-order valence-electron chi connectivity index (χ3n) is 2.56. The lowest BCUT2D eigenvalue weighted by Crippen LogP contribution is -2.49. The number of benzene rings is 1. The van der Waals surface area contributed by atoms with Crippen LogP contribution in [-0.2, 0) is 4.79 Å². The minimum absolute atomic E-state index is 0.182. The summed E-state index contributed by atoms with van der Waals surface area (Å²) >= 11 is 3.09. The van der Waals surface area contributed by atoms with Crippen molar-refractivity contribution in [1.29, 1.82) is 0 Å². The van der Waals surface area contributed by atoms with Gasteiger partial charge >= 0.3 is 5.97 Å². The number of carboxylic acids is 1. The summed E-state index contributed by atoms with van der Waals surface area (Å²) in [5.74, 6) is -2.60. The van der Waals surface area contributed by atoms with Crippen LogP contribution in [0.5, 0.6) is 0 Å². The Morgan fingerprint density at radius 1 is 1.37 bits per heavy atom. The molecule has 0 aromatic heterocycles. The fraction of sp³-hybridized carbons (Fsp3) is 0.385. The minimum atomic E-state index is -1.15. The SMILES string of the molecule is CC(C)(C)C(NC(=O)c1ccc(Br)cc1F)C(=O)O. The van der Waals surface area contributed by atoms with E-state index in [1.54, 1.807) is 20.8 Å². The fourth-order valence-electron chi connectivity index (χ4n) is 1.53. The van der Waals surface area contributed by atoms with Crippen molar-refractivity contribution in [1.82, 2.24) is 5.32 Å². The first kappa shape index (κ1) is 15.6. The second-order valence-corrected chi connectivity index (χ2v) is 6.15. The monoisotopic (exact) mass is 331 g/mol. The summed E-state index contributed by atoms with van der Waals surface area (Å²) in [6, 6.07) is 2.88. The Morgan fingerprint density at radius 3 is 2.37 bits per heavy atom. The molecular weight excluding hydrogens is 317 g/mol. The Bertz CT molecular complexity index is 511. The maximum atomic E-state index is 13.6. The van der Waals surface area contributed by atoms with E-state index in [-0.39, 0.29) is 5.56 Å². The van der Waals surface area contributed by atoms with Gasteiger partial charge in [0.1, 0.15) is 11.9 Å². The summed E-state index contributed by atoms with van der Waals surface area (Å²) in [4.78, 5) is 23.0. The molecule has 1 aromatic carbocycles. The summed E-state index contributed by atoms with van der Waals surface area (Å²) in [5, 5.41) is 11.4. The number of carbonyl (C=O) groups is 2. The van der Waals surface area contributed by atoms with Crippen molar-refractivity contribution in [2.75, 3.05) is 0 Å². The van der Waals surface area contributed by atoms with Crippen molar-refractivity contribution in [3.05, 3.63) is 34.1 Å². The molecule has 0 aliphatic heterocycles. The van der Waals surface area contributed by atoms with Crippen LogP contribution in [-0.4, -0.2) is 23.0 Å². The van der Waals surface area contributed by atoms with Crippen LogP contribution in [0.15, 0.2) is 22.7 Å². The van der Waals surface area contributed by atoms with Crippen LogP contribution >= 0.6 is 15.9 Å². The quantitative estimate of drug-likeness (QED) is 0.894. The molecule has 0 spiro atoms. The van der Waals surface area contributed by atoms with Crippen LogP contribution in [0.2, 0.25) is 0 Å². The van der Waals surface area contributed by atoms with E-state index >= 15 is 0 Å². The molecule has 104 valence electrons. The highest BCUT2D eigenvalue weighted by Crippen LogP contribution is 2.21. The summed E-state index contributed by atoms with van der Waals surface area (Å²) in [7, 11) is 0. The summed E-state index contributed by atoms with van der Waals surface area (Å²) in [5.41, 5.74) is -0.855. The highest BCUT2D eigenvalue weighted by Gasteiger charge is 2.33. The van der Waals surface area contributed by atoms with Crippen LogP contribution in [0.3, 0.4) is 0 Å². The molecule has 0 radical (unpaired) electrons. The first-order valence-corrected chi connectivity index (χ1v) is 6.41. The Kier molecular flexibility index (Phi) is 4.68. The topological polar surface area (TPSA) is 66.4 Å². The van der Waals surface area contributed by atoms with E-state index in [9.17, 15) is 14.0 Å². The van der Waals surface area contributed by atoms with E-state index in [1.165, 1.54) is 12.1 Å². The predicted molar refractivity (Wildman–Crippen MR) is 72.4 cm³/mol. The summed E-state index contributed by atoms with van der Waals surface area (Å²) < 4.78 is 14.1. The molecule has 4 nitrogen and oxygen atoms in total. The second-order valence-electron chi connectivity index (χ2n) is 5.23. The smallest absolute Gasteiger partial charge is 0.326 e. The number of hydrogen-bond acceptors (Lipinski definition) is 2. The highest BCUT2D eigenvalue weighted by molar-refractivity contribution is 9.10. The van der Waals surface area contributed by atoms with E-state index in [1.807, 2.05) is 0 Å². The largest absolute Gasteiger partial charge is 0.480 e. The Balaban J connectivity index is 2.98. The molecule has 0 fully saturated rings. The van der Waals surface area contributed by atoms with Gasteiger partial charge in [0, 0.05) is 4.47 Å². The standard InChI is InChI=1S/C13H15BrFNO3/c1-13(2,3)10(12(18)19)16-11(17)8-5-4-7(14)6-9(8)15/h4-6,10H,1-3H3,(H,16,17)(H,18,19). The van der Waals surface area contributed by atoms with Gasteiger partial charge in [-0.05, 0) is 23.6 Å². The van der Waals surface area contributed by atoms with Gasteiger partial charge in [0.2, 0.25) is 0 Å². The van der Waals surface area contributed by atoms with E-state index < -0.39 is 29.2 Å². The van der Waals surface area contributed by atoms with Crippen LogP contribution in [0.25, 0.3) is 0 Å². The summed E-state index contributed by atoms with van der Waals surface area (Å²) in [6.07, 6.45) is 0. The van der Waals surface area contributed by atoms with Crippen LogP contribution in [0.1, 0.15) is 31.1 Å². The van der Waals surface area contributed by atoms with Crippen molar-refractivity contribution in [2.24, 2.45) is 5.41 Å². The van der Waals surface area contributed by atoms with Crippen molar-refractivity contribution >= 4 is 27.8 Å². The molecular formula is C13H15BrFNO3. The van der Waals surface area contributed by atoms with Crippen LogP contribution < -0.4 is 5.32 Å². The Morgan fingerprint density at radius 2 is 1.95 bits per heavy atom. The van der Waals surface area contributed by atoms with Gasteiger partial charge in [-0.15, -0.1) is 0 Å². The number of carbonyl (C=O) groups excluding carboxylic acids is 1. The molecule has 0 saturated carbocycles. The number of rotatable bonds is 3. The second kappa shape index (κ2) is 5.69. The number of nitrogens with one attached hydrogen (secondary N) is 1. The van der Waals surface area contributed by atoms with Crippen LogP contribution in [0.4, 0.5) is 4.39 Å². The molecule has 1 amide bonds. The van der Waals surface area contributed by atoms with Gasteiger partial charge in [-0.3, -0.25) is 4.79 Å². The van der Waals surface area contributed by atoms with Gasteiger partial charge in [-0.1, -0.05) is 36.7 Å². The number of carboxylic acid groups (broad SMARTS) is 1. The minimum Gasteiger partial charge on any atom is -0.480 e. The molecule has 0 heterocycles. The van der Waals surface area contributed by atoms with Gasteiger partial charge in [-0.2, -0.15) is 0 Å². The van der Waals surface area contributed by atoms with Crippen molar-refractivity contribution in [3.63, 3.8) is 0 Å². The molecule has 0 aliphatic carbocycles. The lowest BCUT2D eigenvalue weighted by Gasteiger charge is -2.27. The maximum absolute atomic E-state index is 13.6. The highest BCUT2D eigenvalue weighted by atomic mass is 79.9. The first-order chi connectivity index (χ1) is 8.62. The summed E-state index contributed by atoms with van der Waals surface area (Å²) in [6.45, 7) is 5.05. The van der Waals surface area contributed by atoms with Gasteiger partial charge in [0.05, 0.1) is 5.56 Å².